The lowest BCUT2D eigenvalue weighted by Gasteiger charge is -2.24. The van der Waals surface area contributed by atoms with Gasteiger partial charge in [-0.1, -0.05) is 6.07 Å². The largest absolute Gasteiger partial charge is 0.480 e. The van der Waals surface area contributed by atoms with Crippen molar-refractivity contribution in [2.75, 3.05) is 20.6 Å². The summed E-state index contributed by atoms with van der Waals surface area (Å²) in [5, 5.41) is 10.8. The number of halogens is 1. The second-order valence-corrected chi connectivity index (χ2v) is 5.29. The highest BCUT2D eigenvalue weighted by Crippen LogP contribution is 2.11. The normalized spacial score (nSPS) is 11.8. The molecule has 7 heteroatoms. The van der Waals surface area contributed by atoms with Gasteiger partial charge in [-0.15, -0.1) is 23.7 Å². The van der Waals surface area contributed by atoms with Gasteiger partial charge in [-0.3, -0.25) is 14.5 Å². The molecular formula is C12H19ClN2O3S. The van der Waals surface area contributed by atoms with E-state index in [-0.39, 0.29) is 24.9 Å². The van der Waals surface area contributed by atoms with E-state index < -0.39 is 12.0 Å². The van der Waals surface area contributed by atoms with E-state index in [0.717, 1.165) is 4.88 Å². The van der Waals surface area contributed by atoms with Gasteiger partial charge in [0.2, 0.25) is 5.91 Å². The zero-order chi connectivity index (χ0) is 13.7. The van der Waals surface area contributed by atoms with Crippen LogP contribution in [0.2, 0.25) is 0 Å². The highest BCUT2D eigenvalue weighted by Gasteiger charge is 2.20. The first-order valence-corrected chi connectivity index (χ1v) is 6.49. The third-order valence-electron chi connectivity index (χ3n) is 2.80. The average Bonchev–Trinajstić information content (AvgIpc) is 2.80. The van der Waals surface area contributed by atoms with E-state index in [0.29, 0.717) is 6.54 Å². The third kappa shape index (κ3) is 5.59. The zero-order valence-electron chi connectivity index (χ0n) is 11.2. The van der Waals surface area contributed by atoms with Gasteiger partial charge >= 0.3 is 5.97 Å². The summed E-state index contributed by atoms with van der Waals surface area (Å²) in [5.41, 5.74) is 0. The fraction of sp³-hybridized carbons (Fsp3) is 0.500. The lowest BCUT2D eigenvalue weighted by molar-refractivity contribution is -0.143. The van der Waals surface area contributed by atoms with Crippen LogP contribution in [0.5, 0.6) is 0 Å². The predicted molar refractivity (Wildman–Crippen MR) is 77.8 cm³/mol. The number of hydrogen-bond donors (Lipinski definition) is 1. The number of carbonyl (C=O) groups excluding carboxylic acids is 1. The Kier molecular flexibility index (Phi) is 7.66. The van der Waals surface area contributed by atoms with Crippen LogP contribution in [0.1, 0.15) is 11.8 Å². The SMILES string of the molecule is CC(C(=O)O)N(C)CC(=O)N(C)Cc1cccs1.Cl. The second-order valence-electron chi connectivity index (χ2n) is 4.26. The molecule has 1 amide bonds. The molecule has 0 bridgehead atoms. The molecule has 0 aliphatic heterocycles. The minimum atomic E-state index is -0.925. The van der Waals surface area contributed by atoms with E-state index in [1.807, 2.05) is 17.5 Å². The zero-order valence-corrected chi connectivity index (χ0v) is 12.8. The summed E-state index contributed by atoms with van der Waals surface area (Å²) in [5.74, 6) is -1.01. The van der Waals surface area contributed by atoms with E-state index in [1.165, 1.54) is 4.90 Å². The fourth-order valence-corrected chi connectivity index (χ4v) is 2.14. The van der Waals surface area contributed by atoms with Crippen LogP contribution in [0.15, 0.2) is 17.5 Å². The summed E-state index contributed by atoms with van der Waals surface area (Å²) in [7, 11) is 3.36. The summed E-state index contributed by atoms with van der Waals surface area (Å²) < 4.78 is 0. The first-order chi connectivity index (χ1) is 8.41. The van der Waals surface area contributed by atoms with E-state index in [1.54, 1.807) is 37.3 Å². The van der Waals surface area contributed by atoms with Crippen molar-refractivity contribution in [3.63, 3.8) is 0 Å². The standard InChI is InChI=1S/C12H18N2O3S.ClH/c1-9(12(16)17)13(2)8-11(15)14(3)7-10-5-4-6-18-10;/h4-6,9H,7-8H2,1-3H3,(H,16,17);1H. The summed E-state index contributed by atoms with van der Waals surface area (Å²) in [6.45, 7) is 2.23. The van der Waals surface area contributed by atoms with Crippen molar-refractivity contribution in [3.05, 3.63) is 22.4 Å². The van der Waals surface area contributed by atoms with Gasteiger partial charge in [-0.05, 0) is 25.4 Å². The van der Waals surface area contributed by atoms with Crippen LogP contribution < -0.4 is 0 Å². The van der Waals surface area contributed by atoms with Gasteiger partial charge in [0, 0.05) is 11.9 Å². The molecule has 0 fully saturated rings. The van der Waals surface area contributed by atoms with E-state index >= 15 is 0 Å². The molecule has 0 aliphatic carbocycles. The minimum Gasteiger partial charge on any atom is -0.480 e. The van der Waals surface area contributed by atoms with Gasteiger partial charge in [-0.25, -0.2) is 0 Å². The van der Waals surface area contributed by atoms with E-state index in [9.17, 15) is 9.59 Å². The molecule has 0 saturated heterocycles. The Hall–Kier alpha value is -1.11. The molecular weight excluding hydrogens is 288 g/mol. The molecule has 0 saturated carbocycles. The van der Waals surface area contributed by atoms with Crippen LogP contribution in [0.4, 0.5) is 0 Å². The van der Waals surface area contributed by atoms with Crippen molar-refractivity contribution in [1.82, 2.24) is 9.80 Å². The number of rotatable bonds is 6. The number of amides is 1. The number of carbonyl (C=O) groups is 2. The molecule has 0 aromatic carbocycles. The van der Waals surface area contributed by atoms with Crippen LogP contribution in [-0.4, -0.2) is 53.5 Å². The molecule has 5 nitrogen and oxygen atoms in total. The van der Waals surface area contributed by atoms with Gasteiger partial charge in [0.15, 0.2) is 0 Å². The van der Waals surface area contributed by atoms with Crippen molar-refractivity contribution in [3.8, 4) is 0 Å². The second kappa shape index (κ2) is 8.14. The molecule has 0 radical (unpaired) electrons. The molecule has 0 aliphatic rings. The molecule has 1 aromatic rings. The Morgan fingerprint density at radius 2 is 2.05 bits per heavy atom. The van der Waals surface area contributed by atoms with Crippen LogP contribution in [-0.2, 0) is 16.1 Å². The van der Waals surface area contributed by atoms with Crippen molar-refractivity contribution in [1.29, 1.82) is 0 Å². The summed E-state index contributed by atoms with van der Waals surface area (Å²) in [6.07, 6.45) is 0. The van der Waals surface area contributed by atoms with Gasteiger partial charge < -0.3 is 10.0 Å². The Labute approximate surface area is 123 Å². The van der Waals surface area contributed by atoms with Crippen LogP contribution in [0.25, 0.3) is 0 Å². The molecule has 0 spiro atoms. The number of hydrogen-bond acceptors (Lipinski definition) is 4. The molecule has 1 unspecified atom stereocenters. The molecule has 108 valence electrons. The predicted octanol–water partition coefficient (Wildman–Crippen LogP) is 1.53. The first kappa shape index (κ1) is 17.9. The van der Waals surface area contributed by atoms with Crippen molar-refractivity contribution in [2.24, 2.45) is 0 Å². The van der Waals surface area contributed by atoms with Crippen LogP contribution in [0.3, 0.4) is 0 Å². The van der Waals surface area contributed by atoms with Gasteiger partial charge in [0.05, 0.1) is 13.1 Å². The van der Waals surface area contributed by atoms with Crippen LogP contribution in [0, 0.1) is 0 Å². The monoisotopic (exact) mass is 306 g/mol. The summed E-state index contributed by atoms with van der Waals surface area (Å²) >= 11 is 1.60. The smallest absolute Gasteiger partial charge is 0.320 e. The molecule has 1 rings (SSSR count). The molecule has 1 aromatic heterocycles. The number of thiophene rings is 1. The van der Waals surface area contributed by atoms with Crippen molar-refractivity contribution >= 4 is 35.6 Å². The quantitative estimate of drug-likeness (QED) is 0.866. The molecule has 1 heterocycles. The summed E-state index contributed by atoms with van der Waals surface area (Å²) in [6, 6.07) is 3.25. The minimum absolute atomic E-state index is 0. The van der Waals surface area contributed by atoms with Gasteiger partial charge in [-0.2, -0.15) is 0 Å². The van der Waals surface area contributed by atoms with Gasteiger partial charge in [0.25, 0.3) is 0 Å². The van der Waals surface area contributed by atoms with E-state index in [4.69, 9.17) is 5.11 Å². The Bertz CT molecular complexity index is 411. The van der Waals surface area contributed by atoms with Crippen molar-refractivity contribution < 1.29 is 14.7 Å². The highest BCUT2D eigenvalue weighted by atomic mass is 35.5. The number of aliphatic carboxylic acids is 1. The summed E-state index contributed by atoms with van der Waals surface area (Å²) in [4.78, 5) is 26.9. The average molecular weight is 307 g/mol. The first-order valence-electron chi connectivity index (χ1n) is 5.61. The maximum Gasteiger partial charge on any atom is 0.320 e. The molecule has 1 atom stereocenters. The Morgan fingerprint density at radius 3 is 2.53 bits per heavy atom. The fourth-order valence-electron chi connectivity index (χ4n) is 1.38. The number of nitrogens with zero attached hydrogens (tertiary/aromatic N) is 2. The third-order valence-corrected chi connectivity index (χ3v) is 3.66. The lowest BCUT2D eigenvalue weighted by Crippen LogP contribution is -2.43. The Balaban J connectivity index is 0.00000324. The number of carboxylic acid groups (broad SMARTS) is 1. The molecule has 1 N–H and O–H groups in total. The maximum absolute atomic E-state index is 11.9. The van der Waals surface area contributed by atoms with Crippen LogP contribution >= 0.6 is 23.7 Å². The number of likely N-dealkylation sites (N-methyl/N-ethyl adjacent to an activating group) is 2. The maximum atomic E-state index is 11.9. The molecule has 19 heavy (non-hydrogen) atoms. The topological polar surface area (TPSA) is 60.9 Å². The Morgan fingerprint density at radius 1 is 1.42 bits per heavy atom. The van der Waals surface area contributed by atoms with E-state index in [2.05, 4.69) is 0 Å². The van der Waals surface area contributed by atoms with Crippen molar-refractivity contribution in [2.45, 2.75) is 19.5 Å². The lowest BCUT2D eigenvalue weighted by atomic mass is 10.3. The highest BCUT2D eigenvalue weighted by molar-refractivity contribution is 7.09. The van der Waals surface area contributed by atoms with Gasteiger partial charge in [0.1, 0.15) is 6.04 Å². The number of carboxylic acids is 1.